The number of pyridine rings is 1. The van der Waals surface area contributed by atoms with Gasteiger partial charge >= 0.3 is 12.3 Å². The fourth-order valence-electron chi connectivity index (χ4n) is 1.29. The summed E-state index contributed by atoms with van der Waals surface area (Å²) in [6.45, 7) is 1.12. The van der Waals surface area contributed by atoms with Crippen LogP contribution in [0.2, 0.25) is 0 Å². The van der Waals surface area contributed by atoms with E-state index < -0.39 is 18.1 Å². The van der Waals surface area contributed by atoms with E-state index in [1.54, 1.807) is 0 Å². The maximum atomic E-state index is 12.1. The highest BCUT2D eigenvalue weighted by Gasteiger charge is 2.33. The van der Waals surface area contributed by atoms with E-state index >= 15 is 0 Å². The number of hydrogen-bond acceptors (Lipinski definition) is 5. The monoisotopic (exact) mass is 264 g/mol. The molecule has 0 unspecified atom stereocenters. The van der Waals surface area contributed by atoms with Crippen LogP contribution in [0.5, 0.6) is 5.75 Å². The fraction of sp³-hybridized carbons (Fsp3) is 0.400. The highest BCUT2D eigenvalue weighted by Crippen LogP contribution is 2.27. The van der Waals surface area contributed by atoms with Crippen LogP contribution >= 0.6 is 0 Å². The number of nitrogens with zero attached hydrogens (tertiary/aromatic N) is 1. The smallest absolute Gasteiger partial charge is 0.464 e. The lowest BCUT2D eigenvalue weighted by Crippen LogP contribution is -2.20. The Kier molecular flexibility index (Phi) is 4.12. The van der Waals surface area contributed by atoms with Crippen LogP contribution in [0.1, 0.15) is 21.7 Å². The zero-order valence-electron chi connectivity index (χ0n) is 9.67. The number of halogens is 3. The first-order valence-corrected chi connectivity index (χ1v) is 4.83. The standard InChI is InChI=1S/C10H11F3N2O3/c1-5-3-7(18-10(11,12)13)6(4-14)15-8(5)9(16)17-2/h3H,4,14H2,1-2H3. The average Bonchev–Trinajstić information content (AvgIpc) is 2.26. The highest BCUT2D eigenvalue weighted by molar-refractivity contribution is 5.89. The van der Waals surface area contributed by atoms with Crippen molar-refractivity contribution in [1.82, 2.24) is 4.98 Å². The predicted octanol–water partition coefficient (Wildman–Crippen LogP) is 1.53. The summed E-state index contributed by atoms with van der Waals surface area (Å²) in [6.07, 6.45) is -4.84. The molecule has 1 rings (SSSR count). The summed E-state index contributed by atoms with van der Waals surface area (Å²) >= 11 is 0. The van der Waals surface area contributed by atoms with Crippen LogP contribution in [-0.2, 0) is 11.3 Å². The molecule has 1 aromatic heterocycles. The molecule has 1 heterocycles. The largest absolute Gasteiger partial charge is 0.573 e. The Morgan fingerprint density at radius 3 is 2.56 bits per heavy atom. The van der Waals surface area contributed by atoms with Gasteiger partial charge in [0.05, 0.1) is 12.8 Å². The van der Waals surface area contributed by atoms with E-state index in [9.17, 15) is 18.0 Å². The Labute approximate surface area is 101 Å². The summed E-state index contributed by atoms with van der Waals surface area (Å²) in [5.74, 6) is -1.27. The Morgan fingerprint density at radius 2 is 2.11 bits per heavy atom. The van der Waals surface area contributed by atoms with E-state index in [0.29, 0.717) is 0 Å². The number of ether oxygens (including phenoxy) is 2. The molecule has 0 atom stereocenters. The van der Waals surface area contributed by atoms with Gasteiger partial charge in [-0.3, -0.25) is 0 Å². The Morgan fingerprint density at radius 1 is 1.50 bits per heavy atom. The van der Waals surface area contributed by atoms with Gasteiger partial charge in [0.25, 0.3) is 0 Å². The van der Waals surface area contributed by atoms with Gasteiger partial charge in [-0.1, -0.05) is 0 Å². The molecule has 18 heavy (non-hydrogen) atoms. The van der Waals surface area contributed by atoms with Crippen molar-refractivity contribution in [3.63, 3.8) is 0 Å². The number of carbonyl (C=O) groups is 1. The summed E-state index contributed by atoms with van der Waals surface area (Å²) < 4.78 is 44.6. The van der Waals surface area contributed by atoms with Gasteiger partial charge in [-0.15, -0.1) is 13.2 Å². The highest BCUT2D eigenvalue weighted by atomic mass is 19.4. The second-order valence-corrected chi connectivity index (χ2v) is 3.34. The van der Waals surface area contributed by atoms with E-state index in [0.717, 1.165) is 13.2 Å². The molecule has 0 amide bonds. The molecule has 5 nitrogen and oxygen atoms in total. The van der Waals surface area contributed by atoms with Gasteiger partial charge in [0.2, 0.25) is 0 Å². The first kappa shape index (κ1) is 14.2. The van der Waals surface area contributed by atoms with Crippen molar-refractivity contribution in [1.29, 1.82) is 0 Å². The lowest BCUT2D eigenvalue weighted by atomic mass is 10.2. The fourth-order valence-corrected chi connectivity index (χ4v) is 1.29. The van der Waals surface area contributed by atoms with Crippen LogP contribution in [0.25, 0.3) is 0 Å². The number of aromatic nitrogens is 1. The van der Waals surface area contributed by atoms with Crippen molar-refractivity contribution in [2.75, 3.05) is 7.11 Å². The molecule has 8 heteroatoms. The zero-order valence-corrected chi connectivity index (χ0v) is 9.67. The van der Waals surface area contributed by atoms with Gasteiger partial charge < -0.3 is 15.2 Å². The summed E-state index contributed by atoms with van der Waals surface area (Å²) in [6, 6.07) is 1.05. The number of rotatable bonds is 3. The second-order valence-electron chi connectivity index (χ2n) is 3.34. The molecule has 0 radical (unpaired) electrons. The first-order chi connectivity index (χ1) is 8.28. The van der Waals surface area contributed by atoms with Crippen LogP contribution in [0.15, 0.2) is 6.07 Å². The Bertz CT molecular complexity index is 460. The van der Waals surface area contributed by atoms with E-state index in [2.05, 4.69) is 14.5 Å². The number of hydrogen-bond donors (Lipinski definition) is 1. The molecule has 0 saturated heterocycles. The normalized spacial score (nSPS) is 11.2. The third kappa shape index (κ3) is 3.33. The molecule has 0 aliphatic rings. The second kappa shape index (κ2) is 5.21. The van der Waals surface area contributed by atoms with E-state index in [1.165, 1.54) is 6.92 Å². The summed E-state index contributed by atoms with van der Waals surface area (Å²) in [5.41, 5.74) is 5.22. The van der Waals surface area contributed by atoms with Crippen molar-refractivity contribution in [3.05, 3.63) is 23.0 Å². The number of esters is 1. The van der Waals surface area contributed by atoms with Crippen LogP contribution in [0, 0.1) is 6.92 Å². The lowest BCUT2D eigenvalue weighted by Gasteiger charge is -2.14. The summed E-state index contributed by atoms with van der Waals surface area (Å²) in [4.78, 5) is 15.0. The predicted molar refractivity (Wildman–Crippen MR) is 54.9 cm³/mol. The Balaban J connectivity index is 3.23. The number of aryl methyl sites for hydroxylation is 1. The van der Waals surface area contributed by atoms with Gasteiger partial charge in [-0.05, 0) is 18.6 Å². The molecule has 0 bridgehead atoms. The molecule has 0 aliphatic heterocycles. The molecule has 0 saturated carbocycles. The summed E-state index contributed by atoms with van der Waals surface area (Å²) in [7, 11) is 1.14. The summed E-state index contributed by atoms with van der Waals surface area (Å²) in [5, 5.41) is 0. The average molecular weight is 264 g/mol. The lowest BCUT2D eigenvalue weighted by molar-refractivity contribution is -0.275. The maximum Gasteiger partial charge on any atom is 0.573 e. The molecular weight excluding hydrogens is 253 g/mol. The van der Waals surface area contributed by atoms with Crippen LogP contribution in [0.3, 0.4) is 0 Å². The third-order valence-corrected chi connectivity index (χ3v) is 2.05. The van der Waals surface area contributed by atoms with Crippen molar-refractivity contribution in [2.24, 2.45) is 5.73 Å². The topological polar surface area (TPSA) is 74.4 Å². The molecule has 0 fully saturated rings. The number of methoxy groups -OCH3 is 1. The van der Waals surface area contributed by atoms with E-state index in [4.69, 9.17) is 5.73 Å². The van der Waals surface area contributed by atoms with Gasteiger partial charge in [-0.2, -0.15) is 0 Å². The molecule has 0 aliphatic carbocycles. The van der Waals surface area contributed by atoms with Crippen molar-refractivity contribution < 1.29 is 27.4 Å². The van der Waals surface area contributed by atoms with E-state index in [-0.39, 0.29) is 23.5 Å². The quantitative estimate of drug-likeness (QED) is 0.838. The molecule has 0 spiro atoms. The molecule has 2 N–H and O–H groups in total. The minimum atomic E-state index is -4.84. The zero-order chi connectivity index (χ0) is 13.9. The molecular formula is C10H11F3N2O3. The van der Waals surface area contributed by atoms with Crippen molar-refractivity contribution in [3.8, 4) is 5.75 Å². The first-order valence-electron chi connectivity index (χ1n) is 4.83. The van der Waals surface area contributed by atoms with Gasteiger partial charge in [-0.25, -0.2) is 9.78 Å². The van der Waals surface area contributed by atoms with Crippen molar-refractivity contribution >= 4 is 5.97 Å². The number of carbonyl (C=O) groups excluding carboxylic acids is 1. The van der Waals surface area contributed by atoms with Crippen molar-refractivity contribution in [2.45, 2.75) is 19.8 Å². The maximum absolute atomic E-state index is 12.1. The van der Waals surface area contributed by atoms with Crippen LogP contribution in [-0.4, -0.2) is 24.4 Å². The number of nitrogens with two attached hydrogens (primary N) is 1. The molecule has 100 valence electrons. The minimum Gasteiger partial charge on any atom is -0.464 e. The van der Waals surface area contributed by atoms with Gasteiger partial charge in [0, 0.05) is 6.54 Å². The van der Waals surface area contributed by atoms with Crippen LogP contribution < -0.4 is 10.5 Å². The SMILES string of the molecule is COC(=O)c1nc(CN)c(OC(F)(F)F)cc1C. The van der Waals surface area contributed by atoms with E-state index in [1.807, 2.05) is 0 Å². The third-order valence-electron chi connectivity index (χ3n) is 2.05. The molecule has 0 aromatic carbocycles. The minimum absolute atomic E-state index is 0.0903. The van der Waals surface area contributed by atoms with Crippen LogP contribution in [0.4, 0.5) is 13.2 Å². The Hall–Kier alpha value is -1.83. The molecule has 1 aromatic rings. The van der Waals surface area contributed by atoms with Gasteiger partial charge in [0.15, 0.2) is 11.4 Å². The van der Waals surface area contributed by atoms with Gasteiger partial charge in [0.1, 0.15) is 0 Å². The number of alkyl halides is 3.